The number of benzene rings is 2. The Morgan fingerprint density at radius 1 is 0.906 bits per heavy atom. The topological polar surface area (TPSA) is 73.9 Å². The molecule has 6 nitrogen and oxygen atoms in total. The molecule has 1 N–H and O–H groups in total. The lowest BCUT2D eigenvalue weighted by molar-refractivity contribution is -0.128. The third kappa shape index (κ3) is 4.59. The van der Waals surface area contributed by atoms with Gasteiger partial charge in [0.15, 0.2) is 0 Å². The van der Waals surface area contributed by atoms with E-state index in [-0.39, 0.29) is 17.8 Å². The molecule has 0 saturated heterocycles. The summed E-state index contributed by atoms with van der Waals surface area (Å²) < 4.78 is 15.6. The lowest BCUT2D eigenvalue weighted by Gasteiger charge is -2.30. The number of rotatable bonds is 8. The summed E-state index contributed by atoms with van der Waals surface area (Å²) in [5.41, 5.74) is 2.61. The summed E-state index contributed by atoms with van der Waals surface area (Å²) in [6, 6.07) is 13.1. The molecule has 0 spiro atoms. The standard InChI is InChI=1S/C26H31NO5/c1-30-21-10-17(11-22(14-21)31-2)12-23-19-8-9-20(13-19)24(23)25(28)27-15-16-4-6-18(7-5-16)26(29)32-3/h4-7,10-11,14,19-20,23-24H,8-9,12-13,15H2,1-3H3,(H,27,28). The minimum atomic E-state index is -0.361. The number of ether oxygens (including phenoxy) is 3. The van der Waals surface area contributed by atoms with Gasteiger partial charge in [-0.15, -0.1) is 0 Å². The third-order valence-corrected chi connectivity index (χ3v) is 7.12. The first-order valence-electron chi connectivity index (χ1n) is 11.2. The van der Waals surface area contributed by atoms with Gasteiger partial charge in [-0.1, -0.05) is 12.1 Å². The Hall–Kier alpha value is -3.02. The maximum Gasteiger partial charge on any atom is 0.337 e. The zero-order chi connectivity index (χ0) is 22.7. The molecule has 0 aromatic heterocycles. The maximum atomic E-state index is 13.2. The number of amides is 1. The summed E-state index contributed by atoms with van der Waals surface area (Å²) in [4.78, 5) is 24.8. The highest BCUT2D eigenvalue weighted by atomic mass is 16.5. The van der Waals surface area contributed by atoms with Crippen LogP contribution >= 0.6 is 0 Å². The van der Waals surface area contributed by atoms with Crippen LogP contribution in [0, 0.1) is 23.7 Å². The van der Waals surface area contributed by atoms with Crippen LogP contribution < -0.4 is 14.8 Å². The SMILES string of the molecule is COC(=O)c1ccc(CNC(=O)C2C3CCC(C3)C2Cc2cc(OC)cc(OC)c2)cc1. The van der Waals surface area contributed by atoms with E-state index in [4.69, 9.17) is 14.2 Å². The number of nitrogens with one attached hydrogen (secondary N) is 1. The fraction of sp³-hybridized carbons (Fsp3) is 0.462. The summed E-state index contributed by atoms with van der Waals surface area (Å²) in [6.45, 7) is 0.452. The third-order valence-electron chi connectivity index (χ3n) is 7.12. The van der Waals surface area contributed by atoms with E-state index < -0.39 is 0 Å². The van der Waals surface area contributed by atoms with Crippen molar-refractivity contribution >= 4 is 11.9 Å². The molecule has 1 amide bonds. The Morgan fingerprint density at radius 3 is 2.19 bits per heavy atom. The van der Waals surface area contributed by atoms with Crippen LogP contribution in [0.3, 0.4) is 0 Å². The zero-order valence-electron chi connectivity index (χ0n) is 18.9. The van der Waals surface area contributed by atoms with Crippen LogP contribution in [0.25, 0.3) is 0 Å². The fourth-order valence-corrected chi connectivity index (χ4v) is 5.55. The van der Waals surface area contributed by atoms with Gasteiger partial charge in [0.25, 0.3) is 0 Å². The molecule has 2 aromatic rings. The number of hydrogen-bond donors (Lipinski definition) is 1. The highest BCUT2D eigenvalue weighted by Crippen LogP contribution is 2.53. The van der Waals surface area contributed by atoms with E-state index >= 15 is 0 Å². The van der Waals surface area contributed by atoms with Crippen molar-refractivity contribution in [3.63, 3.8) is 0 Å². The van der Waals surface area contributed by atoms with Crippen LogP contribution in [0.1, 0.15) is 40.7 Å². The van der Waals surface area contributed by atoms with E-state index in [1.807, 2.05) is 30.3 Å². The van der Waals surface area contributed by atoms with Crippen LogP contribution in [0.4, 0.5) is 0 Å². The van der Waals surface area contributed by atoms with Gasteiger partial charge in [0.05, 0.1) is 26.9 Å². The Kier molecular flexibility index (Phi) is 6.68. The molecular formula is C26H31NO5. The second kappa shape index (κ2) is 9.63. The van der Waals surface area contributed by atoms with Gasteiger partial charge in [-0.05, 0) is 78.8 Å². The van der Waals surface area contributed by atoms with Crippen LogP contribution in [-0.4, -0.2) is 33.2 Å². The van der Waals surface area contributed by atoms with Gasteiger partial charge in [0, 0.05) is 18.5 Å². The molecule has 0 heterocycles. The molecule has 0 radical (unpaired) electrons. The van der Waals surface area contributed by atoms with Crippen LogP contribution in [0.5, 0.6) is 11.5 Å². The molecule has 4 rings (SSSR count). The Morgan fingerprint density at radius 2 is 1.56 bits per heavy atom. The highest BCUT2D eigenvalue weighted by molar-refractivity contribution is 5.89. The summed E-state index contributed by atoms with van der Waals surface area (Å²) in [5.74, 6) is 2.73. The van der Waals surface area contributed by atoms with E-state index in [1.54, 1.807) is 26.4 Å². The quantitative estimate of drug-likeness (QED) is 0.632. The van der Waals surface area contributed by atoms with Crippen molar-refractivity contribution < 1.29 is 23.8 Å². The number of carbonyl (C=O) groups excluding carboxylic acids is 2. The molecule has 2 saturated carbocycles. The molecule has 32 heavy (non-hydrogen) atoms. The van der Waals surface area contributed by atoms with Crippen molar-refractivity contribution in [2.45, 2.75) is 32.2 Å². The molecule has 4 unspecified atom stereocenters. The van der Waals surface area contributed by atoms with Gasteiger partial charge in [0.1, 0.15) is 11.5 Å². The van der Waals surface area contributed by atoms with Gasteiger partial charge in [0.2, 0.25) is 5.91 Å². The minimum absolute atomic E-state index is 0.0280. The molecule has 4 atom stereocenters. The molecule has 0 aliphatic heterocycles. The number of esters is 1. The molecule has 2 aliphatic carbocycles. The second-order valence-corrected chi connectivity index (χ2v) is 8.85. The predicted molar refractivity (Wildman–Crippen MR) is 121 cm³/mol. The van der Waals surface area contributed by atoms with Crippen molar-refractivity contribution in [2.75, 3.05) is 21.3 Å². The Bertz CT molecular complexity index is 948. The van der Waals surface area contributed by atoms with E-state index in [0.29, 0.717) is 29.9 Å². The first-order chi connectivity index (χ1) is 15.5. The number of methoxy groups -OCH3 is 3. The van der Waals surface area contributed by atoms with Crippen LogP contribution in [-0.2, 0) is 22.5 Å². The number of fused-ring (bicyclic) bond motifs is 2. The normalized spacial score (nSPS) is 23.6. The molecule has 2 aliphatic rings. The average molecular weight is 438 g/mol. The molecule has 170 valence electrons. The Labute approximate surface area is 189 Å². The van der Waals surface area contributed by atoms with E-state index in [0.717, 1.165) is 41.9 Å². The Balaban J connectivity index is 1.43. The molecular weight excluding hydrogens is 406 g/mol. The summed E-state index contributed by atoms with van der Waals surface area (Å²) in [6.07, 6.45) is 4.32. The van der Waals surface area contributed by atoms with Gasteiger partial charge < -0.3 is 19.5 Å². The van der Waals surface area contributed by atoms with Crippen molar-refractivity contribution in [1.29, 1.82) is 0 Å². The van der Waals surface area contributed by atoms with Crippen molar-refractivity contribution in [3.8, 4) is 11.5 Å². The minimum Gasteiger partial charge on any atom is -0.497 e. The summed E-state index contributed by atoms with van der Waals surface area (Å²) >= 11 is 0. The van der Waals surface area contributed by atoms with E-state index in [1.165, 1.54) is 13.5 Å². The van der Waals surface area contributed by atoms with E-state index in [2.05, 4.69) is 5.32 Å². The maximum absolute atomic E-state index is 13.2. The first kappa shape index (κ1) is 22.2. The van der Waals surface area contributed by atoms with Gasteiger partial charge in [-0.2, -0.15) is 0 Å². The highest BCUT2D eigenvalue weighted by Gasteiger charge is 2.50. The van der Waals surface area contributed by atoms with Gasteiger partial charge in [-0.25, -0.2) is 4.79 Å². The largest absolute Gasteiger partial charge is 0.497 e. The van der Waals surface area contributed by atoms with Gasteiger partial charge in [-0.3, -0.25) is 4.79 Å². The lowest BCUT2D eigenvalue weighted by Crippen LogP contribution is -2.38. The smallest absolute Gasteiger partial charge is 0.337 e. The first-order valence-corrected chi connectivity index (χ1v) is 11.2. The molecule has 2 aromatic carbocycles. The fourth-order valence-electron chi connectivity index (χ4n) is 5.55. The average Bonchev–Trinajstić information content (AvgIpc) is 3.44. The predicted octanol–water partition coefficient (Wildman–Crippen LogP) is 4.01. The van der Waals surface area contributed by atoms with Crippen LogP contribution in [0.2, 0.25) is 0 Å². The van der Waals surface area contributed by atoms with E-state index in [9.17, 15) is 9.59 Å². The lowest BCUT2D eigenvalue weighted by atomic mass is 9.75. The zero-order valence-corrected chi connectivity index (χ0v) is 18.9. The molecule has 2 bridgehead atoms. The molecule has 2 fully saturated rings. The summed E-state index contributed by atoms with van der Waals surface area (Å²) in [7, 11) is 4.68. The number of carbonyl (C=O) groups is 2. The summed E-state index contributed by atoms with van der Waals surface area (Å²) in [5, 5.41) is 3.14. The van der Waals surface area contributed by atoms with Crippen molar-refractivity contribution in [2.24, 2.45) is 23.7 Å². The molecule has 6 heteroatoms. The van der Waals surface area contributed by atoms with Crippen LogP contribution in [0.15, 0.2) is 42.5 Å². The monoisotopic (exact) mass is 437 g/mol. The second-order valence-electron chi connectivity index (χ2n) is 8.85. The van der Waals surface area contributed by atoms with Crippen molar-refractivity contribution in [1.82, 2.24) is 5.32 Å². The van der Waals surface area contributed by atoms with Gasteiger partial charge >= 0.3 is 5.97 Å². The van der Waals surface area contributed by atoms with Crippen molar-refractivity contribution in [3.05, 3.63) is 59.2 Å². The number of hydrogen-bond acceptors (Lipinski definition) is 5.